The highest BCUT2D eigenvalue weighted by Crippen LogP contribution is 2.35. The van der Waals surface area contributed by atoms with Crippen molar-refractivity contribution in [3.8, 4) is 0 Å². The second-order valence-electron chi connectivity index (χ2n) is 6.00. The van der Waals surface area contributed by atoms with E-state index in [1.165, 1.54) is 30.6 Å². The number of esters is 1. The number of thiocarbonyl (C=S) groups is 1. The van der Waals surface area contributed by atoms with Crippen molar-refractivity contribution in [2.24, 2.45) is 0 Å². The van der Waals surface area contributed by atoms with Crippen LogP contribution < -0.4 is 10.2 Å². The quantitative estimate of drug-likeness (QED) is 0.407. The van der Waals surface area contributed by atoms with Gasteiger partial charge in [0, 0.05) is 18.5 Å². The minimum absolute atomic E-state index is 0.0303. The number of ether oxygens (including phenoxy) is 2. The molecule has 1 atom stereocenters. The van der Waals surface area contributed by atoms with Gasteiger partial charge in [-0.15, -0.1) is 0 Å². The molecule has 0 aliphatic carbocycles. The van der Waals surface area contributed by atoms with E-state index < -0.39 is 17.8 Å². The number of halogens is 2. The van der Waals surface area contributed by atoms with E-state index in [1.807, 2.05) is 16.8 Å². The Kier molecular flexibility index (Phi) is 6.66. The molecule has 1 unspecified atom stereocenters. The van der Waals surface area contributed by atoms with E-state index in [1.54, 1.807) is 17.9 Å². The third-order valence-electron chi connectivity index (χ3n) is 4.26. The van der Waals surface area contributed by atoms with Crippen LogP contribution in [0.5, 0.6) is 0 Å². The van der Waals surface area contributed by atoms with Crippen LogP contribution in [-0.4, -0.2) is 31.4 Å². The fourth-order valence-corrected chi connectivity index (χ4v) is 4.15. The molecule has 1 N–H and O–H groups in total. The van der Waals surface area contributed by atoms with Crippen molar-refractivity contribution in [1.82, 2.24) is 5.32 Å². The maximum atomic E-state index is 13.6. The normalized spacial score (nSPS) is 16.9. The van der Waals surface area contributed by atoms with Crippen molar-refractivity contribution in [2.45, 2.75) is 13.0 Å². The van der Waals surface area contributed by atoms with Crippen LogP contribution in [0.1, 0.15) is 18.5 Å². The molecule has 28 heavy (non-hydrogen) atoms. The first-order chi connectivity index (χ1) is 13.4. The summed E-state index contributed by atoms with van der Waals surface area (Å²) in [6.07, 6.45) is 0. The van der Waals surface area contributed by atoms with E-state index in [0.29, 0.717) is 28.7 Å². The molecular formula is C19H18ClFN2O3S2. The molecule has 0 saturated heterocycles. The predicted molar refractivity (Wildman–Crippen MR) is 112 cm³/mol. The molecule has 0 bridgehead atoms. The fraction of sp³-hybridized carbons (Fsp3) is 0.263. The Morgan fingerprint density at radius 1 is 1.39 bits per heavy atom. The molecule has 5 nitrogen and oxygen atoms in total. The Morgan fingerprint density at radius 3 is 2.82 bits per heavy atom. The first-order valence-electron chi connectivity index (χ1n) is 8.38. The molecule has 0 spiro atoms. The summed E-state index contributed by atoms with van der Waals surface area (Å²) in [6.45, 7) is 2.20. The van der Waals surface area contributed by atoms with Crippen LogP contribution in [0.3, 0.4) is 0 Å². The van der Waals surface area contributed by atoms with Crippen molar-refractivity contribution in [3.05, 3.63) is 62.7 Å². The maximum Gasteiger partial charge on any atom is 0.338 e. The molecule has 1 aliphatic rings. The highest BCUT2D eigenvalue weighted by atomic mass is 35.5. The number of hydrogen-bond acceptors (Lipinski definition) is 5. The molecule has 1 aromatic carbocycles. The summed E-state index contributed by atoms with van der Waals surface area (Å²) in [5.74, 6) is -1.00. The Hall–Kier alpha value is -2.00. The van der Waals surface area contributed by atoms with E-state index >= 15 is 0 Å². The molecule has 0 radical (unpaired) electrons. The lowest BCUT2D eigenvalue weighted by molar-refractivity contribution is -0.140. The lowest BCUT2D eigenvalue weighted by Gasteiger charge is -2.37. The van der Waals surface area contributed by atoms with Gasteiger partial charge in [-0.3, -0.25) is 4.90 Å². The predicted octanol–water partition coefficient (Wildman–Crippen LogP) is 4.44. The number of benzene rings is 1. The van der Waals surface area contributed by atoms with Crippen LogP contribution in [0.4, 0.5) is 10.1 Å². The monoisotopic (exact) mass is 440 g/mol. The van der Waals surface area contributed by atoms with Crippen molar-refractivity contribution < 1.29 is 18.7 Å². The number of carbonyl (C=O) groups is 1. The number of rotatable bonds is 6. The summed E-state index contributed by atoms with van der Waals surface area (Å²) >= 11 is 13.0. The fourth-order valence-electron chi connectivity index (χ4n) is 2.93. The van der Waals surface area contributed by atoms with Gasteiger partial charge in [0.15, 0.2) is 5.11 Å². The summed E-state index contributed by atoms with van der Waals surface area (Å²) in [6, 6.07) is 5.76. The molecule has 1 aromatic heterocycles. The number of hydrogen-bond donors (Lipinski definition) is 1. The number of nitrogens with one attached hydrogen (secondary N) is 1. The number of thiophene rings is 1. The van der Waals surface area contributed by atoms with Gasteiger partial charge in [-0.2, -0.15) is 11.3 Å². The maximum absolute atomic E-state index is 13.6. The zero-order chi connectivity index (χ0) is 20.3. The Labute approximate surface area is 176 Å². The molecule has 9 heteroatoms. The third kappa shape index (κ3) is 4.20. The second-order valence-corrected chi connectivity index (χ2v) is 7.57. The van der Waals surface area contributed by atoms with Gasteiger partial charge in [0.25, 0.3) is 0 Å². The van der Waals surface area contributed by atoms with Crippen molar-refractivity contribution in [3.63, 3.8) is 0 Å². The Balaban J connectivity index is 2.05. The number of allylic oxidation sites excluding steroid dienone is 1. The van der Waals surface area contributed by atoms with Gasteiger partial charge in [0.2, 0.25) is 0 Å². The molecule has 3 rings (SSSR count). The lowest BCUT2D eigenvalue weighted by Crippen LogP contribution is -2.48. The van der Waals surface area contributed by atoms with Crippen LogP contribution in [0, 0.1) is 5.82 Å². The highest BCUT2D eigenvalue weighted by Gasteiger charge is 2.35. The summed E-state index contributed by atoms with van der Waals surface area (Å²) in [5, 5.41) is 7.41. The minimum atomic E-state index is -0.529. The molecule has 2 aromatic rings. The molecule has 0 amide bonds. The van der Waals surface area contributed by atoms with E-state index in [9.17, 15) is 9.18 Å². The first kappa shape index (κ1) is 20.7. The molecule has 0 saturated carbocycles. The van der Waals surface area contributed by atoms with Crippen LogP contribution in [0.2, 0.25) is 5.02 Å². The van der Waals surface area contributed by atoms with E-state index in [4.69, 9.17) is 33.3 Å². The third-order valence-corrected chi connectivity index (χ3v) is 5.55. The Morgan fingerprint density at radius 2 is 2.18 bits per heavy atom. The molecule has 148 valence electrons. The van der Waals surface area contributed by atoms with E-state index in [2.05, 4.69) is 5.32 Å². The average Bonchev–Trinajstić information content (AvgIpc) is 3.19. The highest BCUT2D eigenvalue weighted by molar-refractivity contribution is 7.80. The summed E-state index contributed by atoms with van der Waals surface area (Å²) in [4.78, 5) is 14.5. The number of anilines is 1. The van der Waals surface area contributed by atoms with Gasteiger partial charge in [-0.25, -0.2) is 9.18 Å². The molecule has 2 heterocycles. The Bertz CT molecular complexity index is 918. The molecular weight excluding hydrogens is 423 g/mol. The molecule has 0 fully saturated rings. The second kappa shape index (κ2) is 9.00. The van der Waals surface area contributed by atoms with Gasteiger partial charge in [0.05, 0.1) is 23.2 Å². The van der Waals surface area contributed by atoms with Crippen LogP contribution >= 0.6 is 35.2 Å². The van der Waals surface area contributed by atoms with Gasteiger partial charge >= 0.3 is 5.97 Å². The smallest absolute Gasteiger partial charge is 0.338 e. The average molecular weight is 441 g/mol. The van der Waals surface area contributed by atoms with Crippen LogP contribution in [0.25, 0.3) is 0 Å². The topological polar surface area (TPSA) is 50.8 Å². The zero-order valence-corrected chi connectivity index (χ0v) is 17.6. The zero-order valence-electron chi connectivity index (χ0n) is 15.2. The number of carbonyl (C=O) groups excluding carboxylic acids is 1. The van der Waals surface area contributed by atoms with E-state index in [0.717, 1.165) is 5.56 Å². The largest absolute Gasteiger partial charge is 0.460 e. The summed E-state index contributed by atoms with van der Waals surface area (Å²) in [5.41, 5.74) is 2.46. The van der Waals surface area contributed by atoms with Crippen molar-refractivity contribution in [2.75, 3.05) is 25.2 Å². The van der Waals surface area contributed by atoms with Crippen LogP contribution in [0.15, 0.2) is 46.3 Å². The summed E-state index contributed by atoms with van der Waals surface area (Å²) in [7, 11) is 1.53. The SMILES string of the molecule is COCCOC(=O)C1=C(C)N(c2ccc(F)c(Cl)c2)C(=S)NC1c1ccsc1. The van der Waals surface area contributed by atoms with Gasteiger partial charge in [-0.1, -0.05) is 11.6 Å². The standard InChI is InChI=1S/C19H18ClFN2O3S2/c1-11-16(18(24)26-7-6-25-2)17(12-5-8-28-10-12)22-19(27)23(11)13-3-4-15(21)14(20)9-13/h3-5,8-10,17H,6-7H2,1-2H3,(H,22,27). The number of methoxy groups -OCH3 is 1. The van der Waals surface area contributed by atoms with Gasteiger partial charge in [0.1, 0.15) is 12.4 Å². The minimum Gasteiger partial charge on any atom is -0.460 e. The summed E-state index contributed by atoms with van der Waals surface area (Å²) < 4.78 is 23.9. The van der Waals surface area contributed by atoms with Crippen LogP contribution in [-0.2, 0) is 14.3 Å². The first-order valence-corrected chi connectivity index (χ1v) is 10.1. The lowest BCUT2D eigenvalue weighted by atomic mass is 9.97. The number of nitrogens with zero attached hydrogens (tertiary/aromatic N) is 1. The van der Waals surface area contributed by atoms with E-state index in [-0.39, 0.29) is 11.6 Å². The van der Waals surface area contributed by atoms with Crippen molar-refractivity contribution >= 4 is 51.9 Å². The van der Waals surface area contributed by atoms with Crippen molar-refractivity contribution in [1.29, 1.82) is 0 Å². The van der Waals surface area contributed by atoms with Gasteiger partial charge in [-0.05, 0) is 59.7 Å². The van der Waals surface area contributed by atoms with Gasteiger partial charge < -0.3 is 14.8 Å². The molecule has 1 aliphatic heterocycles.